The maximum absolute atomic E-state index is 13.0. The minimum absolute atomic E-state index is 0.162. The number of benzene rings is 2. The first-order valence-corrected chi connectivity index (χ1v) is 6.95. The van der Waals surface area contributed by atoms with Gasteiger partial charge in [0.15, 0.2) is 0 Å². The summed E-state index contributed by atoms with van der Waals surface area (Å²) < 4.78 is 13.0. The third kappa shape index (κ3) is 4.05. The van der Waals surface area contributed by atoms with Gasteiger partial charge in [-0.3, -0.25) is 9.69 Å². The highest BCUT2D eigenvalue weighted by molar-refractivity contribution is 5.83. The number of nitrogens with zero attached hydrogens (tertiary/aromatic N) is 1. The second-order valence-corrected chi connectivity index (χ2v) is 5.30. The summed E-state index contributed by atoms with van der Waals surface area (Å²) in [5.74, 6) is -0.303. The zero-order valence-electron chi connectivity index (χ0n) is 12.6. The fraction of sp³-hybridized carbons (Fsp3) is 0.235. The van der Waals surface area contributed by atoms with Gasteiger partial charge in [-0.1, -0.05) is 24.3 Å². The summed E-state index contributed by atoms with van der Waals surface area (Å²) in [4.78, 5) is 14.2. The summed E-state index contributed by atoms with van der Waals surface area (Å²) in [5, 5.41) is 12.1. The number of phenols is 1. The van der Waals surface area contributed by atoms with E-state index in [2.05, 4.69) is 5.32 Å². The van der Waals surface area contributed by atoms with Crippen molar-refractivity contribution in [1.82, 2.24) is 10.2 Å². The molecule has 0 unspecified atom stereocenters. The maximum Gasteiger partial charge on any atom is 0.242 e. The monoisotopic (exact) mass is 302 g/mol. The molecule has 0 heterocycles. The van der Waals surface area contributed by atoms with Gasteiger partial charge in [0.05, 0.1) is 0 Å². The minimum Gasteiger partial charge on any atom is -0.508 e. The fourth-order valence-electron chi connectivity index (χ4n) is 2.23. The Morgan fingerprint density at radius 3 is 2.27 bits per heavy atom. The standard InChI is InChI=1S/C17H19FN2O2/c1-20(2)16(13-5-7-14(18)8-6-13)17(22)19-11-12-3-9-15(21)10-4-12/h3-10,16,21H,11H2,1-2H3,(H,19,22)/t16-/m1/s1. The van der Waals surface area contributed by atoms with Crippen molar-refractivity contribution in [3.63, 3.8) is 0 Å². The van der Waals surface area contributed by atoms with Crippen LogP contribution in [0.4, 0.5) is 4.39 Å². The molecular formula is C17H19FN2O2. The van der Waals surface area contributed by atoms with E-state index in [0.29, 0.717) is 6.54 Å². The Labute approximate surface area is 129 Å². The third-order valence-corrected chi connectivity index (χ3v) is 3.35. The third-order valence-electron chi connectivity index (χ3n) is 3.35. The molecule has 0 aromatic heterocycles. The van der Waals surface area contributed by atoms with E-state index in [1.165, 1.54) is 12.1 Å². The number of phenolic OH excluding ortho intramolecular Hbond substituents is 1. The quantitative estimate of drug-likeness (QED) is 0.892. The van der Waals surface area contributed by atoms with Gasteiger partial charge in [-0.15, -0.1) is 0 Å². The van der Waals surface area contributed by atoms with E-state index in [4.69, 9.17) is 0 Å². The van der Waals surface area contributed by atoms with E-state index < -0.39 is 6.04 Å². The molecule has 0 radical (unpaired) electrons. The van der Waals surface area contributed by atoms with Crippen molar-refractivity contribution in [1.29, 1.82) is 0 Å². The average molecular weight is 302 g/mol. The molecule has 5 heteroatoms. The number of nitrogens with one attached hydrogen (secondary N) is 1. The Bertz CT molecular complexity index is 624. The summed E-state index contributed by atoms with van der Waals surface area (Å²) in [6, 6.07) is 12.1. The number of carbonyl (C=O) groups is 1. The number of rotatable bonds is 5. The summed E-state index contributed by atoms with van der Waals surface area (Å²) in [6.45, 7) is 0.366. The van der Waals surface area contributed by atoms with Crippen molar-refractivity contribution < 1.29 is 14.3 Å². The van der Waals surface area contributed by atoms with Crippen molar-refractivity contribution in [2.24, 2.45) is 0 Å². The van der Waals surface area contributed by atoms with E-state index in [1.807, 2.05) is 0 Å². The normalized spacial score (nSPS) is 12.2. The second kappa shape index (κ2) is 7.04. The molecule has 2 aromatic carbocycles. The highest BCUT2D eigenvalue weighted by atomic mass is 19.1. The van der Waals surface area contributed by atoms with Gasteiger partial charge < -0.3 is 10.4 Å². The van der Waals surface area contributed by atoms with Crippen LogP contribution < -0.4 is 5.32 Å². The SMILES string of the molecule is CN(C)[C@@H](C(=O)NCc1ccc(O)cc1)c1ccc(F)cc1. The fourth-order valence-corrected chi connectivity index (χ4v) is 2.23. The van der Waals surface area contributed by atoms with Crippen LogP contribution in [0, 0.1) is 5.82 Å². The van der Waals surface area contributed by atoms with Gasteiger partial charge >= 0.3 is 0 Å². The first-order valence-electron chi connectivity index (χ1n) is 6.95. The van der Waals surface area contributed by atoms with E-state index in [1.54, 1.807) is 55.4 Å². The molecule has 0 aliphatic carbocycles. The molecule has 0 saturated heterocycles. The lowest BCUT2D eigenvalue weighted by atomic mass is 10.0. The molecule has 0 fully saturated rings. The largest absolute Gasteiger partial charge is 0.508 e. The molecule has 2 aromatic rings. The van der Waals surface area contributed by atoms with E-state index in [9.17, 15) is 14.3 Å². The van der Waals surface area contributed by atoms with E-state index >= 15 is 0 Å². The number of likely N-dealkylation sites (N-methyl/N-ethyl adjacent to an activating group) is 1. The smallest absolute Gasteiger partial charge is 0.242 e. The Morgan fingerprint density at radius 2 is 1.73 bits per heavy atom. The van der Waals surface area contributed by atoms with Crippen molar-refractivity contribution in [2.75, 3.05) is 14.1 Å². The lowest BCUT2D eigenvalue weighted by Gasteiger charge is -2.24. The predicted octanol–water partition coefficient (Wildman–Crippen LogP) is 2.45. The average Bonchev–Trinajstić information content (AvgIpc) is 2.48. The van der Waals surface area contributed by atoms with Crippen LogP contribution in [-0.4, -0.2) is 30.0 Å². The van der Waals surface area contributed by atoms with Crippen LogP contribution in [0.5, 0.6) is 5.75 Å². The molecule has 0 saturated carbocycles. The van der Waals surface area contributed by atoms with Gasteiger partial charge in [-0.05, 0) is 49.5 Å². The molecule has 22 heavy (non-hydrogen) atoms. The van der Waals surface area contributed by atoms with Gasteiger partial charge in [-0.2, -0.15) is 0 Å². The Kier molecular flexibility index (Phi) is 5.12. The summed E-state index contributed by atoms with van der Waals surface area (Å²) in [6.07, 6.45) is 0. The molecule has 0 spiro atoms. The van der Waals surface area contributed by atoms with Gasteiger partial charge in [0.1, 0.15) is 17.6 Å². The predicted molar refractivity (Wildman–Crippen MR) is 82.8 cm³/mol. The zero-order valence-corrected chi connectivity index (χ0v) is 12.6. The molecule has 1 atom stereocenters. The Morgan fingerprint density at radius 1 is 1.14 bits per heavy atom. The molecule has 0 aliphatic rings. The first kappa shape index (κ1) is 16.0. The molecule has 0 aliphatic heterocycles. The lowest BCUT2D eigenvalue weighted by Crippen LogP contribution is -2.36. The van der Waals surface area contributed by atoms with Gasteiger partial charge in [0, 0.05) is 6.54 Å². The van der Waals surface area contributed by atoms with Crippen LogP contribution in [0.2, 0.25) is 0 Å². The summed E-state index contributed by atoms with van der Waals surface area (Å²) >= 11 is 0. The van der Waals surface area contributed by atoms with Crippen molar-refractivity contribution >= 4 is 5.91 Å². The highest BCUT2D eigenvalue weighted by Gasteiger charge is 2.22. The highest BCUT2D eigenvalue weighted by Crippen LogP contribution is 2.19. The summed E-state index contributed by atoms with van der Waals surface area (Å²) in [7, 11) is 3.60. The minimum atomic E-state index is -0.488. The number of aromatic hydroxyl groups is 1. The number of carbonyl (C=O) groups excluding carboxylic acids is 1. The van der Waals surface area contributed by atoms with Crippen molar-refractivity contribution in [2.45, 2.75) is 12.6 Å². The number of amides is 1. The van der Waals surface area contributed by atoms with Crippen molar-refractivity contribution in [3.05, 3.63) is 65.5 Å². The molecule has 2 N–H and O–H groups in total. The van der Waals surface area contributed by atoms with Crippen LogP contribution >= 0.6 is 0 Å². The lowest BCUT2D eigenvalue weighted by molar-refractivity contribution is -0.125. The first-order chi connectivity index (χ1) is 10.5. The van der Waals surface area contributed by atoms with Crippen LogP contribution in [-0.2, 0) is 11.3 Å². The second-order valence-electron chi connectivity index (χ2n) is 5.30. The molecule has 1 amide bonds. The van der Waals surface area contributed by atoms with Crippen LogP contribution in [0.15, 0.2) is 48.5 Å². The van der Waals surface area contributed by atoms with E-state index in [0.717, 1.165) is 11.1 Å². The number of hydrogen-bond acceptors (Lipinski definition) is 3. The zero-order chi connectivity index (χ0) is 16.1. The van der Waals surface area contributed by atoms with Gasteiger partial charge in [0.2, 0.25) is 5.91 Å². The van der Waals surface area contributed by atoms with Crippen LogP contribution in [0.3, 0.4) is 0 Å². The Hall–Kier alpha value is -2.40. The van der Waals surface area contributed by atoms with Gasteiger partial charge in [0.25, 0.3) is 0 Å². The molecule has 116 valence electrons. The number of hydrogen-bond donors (Lipinski definition) is 2. The van der Waals surface area contributed by atoms with Crippen molar-refractivity contribution in [3.8, 4) is 5.75 Å². The molecule has 2 rings (SSSR count). The van der Waals surface area contributed by atoms with Crippen LogP contribution in [0.1, 0.15) is 17.2 Å². The van der Waals surface area contributed by atoms with E-state index in [-0.39, 0.29) is 17.5 Å². The number of halogens is 1. The molecule has 4 nitrogen and oxygen atoms in total. The molecule has 0 bridgehead atoms. The molecular weight excluding hydrogens is 283 g/mol. The topological polar surface area (TPSA) is 52.6 Å². The Balaban J connectivity index is 2.06. The van der Waals surface area contributed by atoms with Crippen LogP contribution in [0.25, 0.3) is 0 Å². The summed E-state index contributed by atoms with van der Waals surface area (Å²) in [5.41, 5.74) is 1.62. The van der Waals surface area contributed by atoms with Gasteiger partial charge in [-0.25, -0.2) is 4.39 Å². The maximum atomic E-state index is 13.0.